The van der Waals surface area contributed by atoms with Crippen LogP contribution in [0.4, 0.5) is 50.6 Å². The van der Waals surface area contributed by atoms with E-state index in [4.69, 9.17) is 0 Å². The van der Waals surface area contributed by atoms with Crippen molar-refractivity contribution < 1.29 is 50.6 Å². The van der Waals surface area contributed by atoms with E-state index < -0.39 is 58.4 Å². The summed E-state index contributed by atoms with van der Waals surface area (Å²) in [6, 6.07) is 0. The molecule has 0 heterocycles. The number of halogens is 18. The average molecular weight is 1700 g/mol. The summed E-state index contributed by atoms with van der Waals surface area (Å²) in [5.41, 5.74) is 0. The van der Waals surface area contributed by atoms with E-state index in [1.54, 1.807) is 231 Å². The molecule has 0 aliphatic heterocycles. The Hall–Kier alpha value is 2.94. The van der Waals surface area contributed by atoms with E-state index in [0.717, 1.165) is 101 Å². The van der Waals surface area contributed by atoms with Crippen molar-refractivity contribution in [3.05, 3.63) is 0 Å². The quantitative estimate of drug-likeness (QED) is 0.102. The van der Waals surface area contributed by atoms with Crippen LogP contribution in [0.2, 0.25) is 0 Å². The number of hydrogen-bond acceptors (Lipinski definition) is 2. The van der Waals surface area contributed by atoms with Gasteiger partial charge in [-0.15, -0.1) is 0 Å². The third-order valence-corrected chi connectivity index (χ3v) is 34.6. The molecule has 10 aliphatic rings. The minimum atomic E-state index is -11.2. The van der Waals surface area contributed by atoms with Crippen LogP contribution in [0.1, 0.15) is 302 Å². The molecule has 0 N–H and O–H groups in total. The third kappa shape index (κ3) is 36.3. The Morgan fingerprint density at radius 2 is 0.279 bits per heavy atom. The fourth-order valence-electron chi connectivity index (χ4n) is 16.5. The summed E-state index contributed by atoms with van der Waals surface area (Å²) in [7, 11) is 2.33. The number of hydrogen-bond donors (Lipinski definition) is 0. The van der Waals surface area contributed by atoms with Gasteiger partial charge in [0.25, 0.3) is 0 Å². The van der Waals surface area contributed by atoms with E-state index in [-0.39, 0.29) is 0 Å². The molecule has 0 aromatic rings. The van der Waals surface area contributed by atoms with Gasteiger partial charge in [0.2, 0.25) is 0 Å². The molecule has 0 spiro atoms. The first kappa shape index (κ1) is 77.9. The van der Waals surface area contributed by atoms with Crippen LogP contribution in [0.15, 0.2) is 0 Å². The topological polar surface area (TPSA) is 0 Å². The van der Waals surface area contributed by atoms with Crippen LogP contribution in [0, 0.1) is 0 Å². The van der Waals surface area contributed by atoms with Crippen LogP contribution in [0.25, 0.3) is 0 Å². The Balaban J connectivity index is 0.000000214. The predicted molar refractivity (Wildman–Crippen MR) is 341 cm³/mol. The fourth-order valence-corrected chi connectivity index (χ4v) is 32.5. The predicted octanol–water partition coefficient (Wildman–Crippen LogP) is 25.0. The standard InChI is InChI=1S/C36H64S3.C24H43S2.18FH.3Sb/c1-5-13-31(14-6-1)38(32-15-7-2-8-16-32)35-25-21-29(22-26-35)37-30-23-27-36(28-24-30)39(33-17-9-3-10-18-33)34-19-11-4-12-20-34;1-4-10-20(11-5-1)25-21-16-18-24(19-17-21)26(22-12-6-2-7-13-22)23-14-8-3-9-15-23;;;;;;;;;;;;;;;;;;;;;/h29-36H,1-28H2;20-24H,1-19H2;18*1H;;;/q+2;+1;;;;;;;;;;;;;;;;;;;3*+5/p-18. The van der Waals surface area contributed by atoms with Gasteiger partial charge in [-0.1, -0.05) is 57.8 Å². The molecule has 26 heteroatoms. The molecule has 10 aliphatic carbocycles. The van der Waals surface area contributed by atoms with Gasteiger partial charge in [0, 0.05) is 21.0 Å². The van der Waals surface area contributed by atoms with Crippen LogP contribution in [0.3, 0.4) is 0 Å². The summed E-state index contributed by atoms with van der Waals surface area (Å²) < 4.78 is 179. The minimum absolute atomic E-state index is 0.771. The van der Waals surface area contributed by atoms with Gasteiger partial charge in [0.05, 0.1) is 0 Å². The van der Waals surface area contributed by atoms with Crippen molar-refractivity contribution in [2.75, 3.05) is 0 Å². The van der Waals surface area contributed by atoms with E-state index in [1.165, 1.54) is 70.6 Å². The zero-order valence-corrected chi connectivity index (χ0v) is 62.7. The Labute approximate surface area is 530 Å². The normalized spacial score (nSPS) is 31.9. The molecule has 0 amide bonds. The van der Waals surface area contributed by atoms with Crippen molar-refractivity contribution in [1.82, 2.24) is 0 Å². The summed E-state index contributed by atoms with van der Waals surface area (Å²) in [4.78, 5) is 0. The third-order valence-electron chi connectivity index (χ3n) is 20.0. The Bertz CT molecular complexity index is 1710. The van der Waals surface area contributed by atoms with Gasteiger partial charge < -0.3 is 0 Å². The maximum atomic E-state index is 9.93. The van der Waals surface area contributed by atoms with Gasteiger partial charge in [0.1, 0.15) is 47.2 Å². The molecule has 0 aromatic heterocycles. The summed E-state index contributed by atoms with van der Waals surface area (Å²) in [5, 5.41) is 14.3. The van der Waals surface area contributed by atoms with Gasteiger partial charge in [-0.05, 0) is 277 Å². The Morgan fingerprint density at radius 3 is 0.430 bits per heavy atom. The summed E-state index contributed by atoms with van der Waals surface area (Å²) in [6.07, 6.45) is 73.6. The van der Waals surface area contributed by atoms with Gasteiger partial charge in [-0.25, -0.2) is 0 Å². The zero-order chi connectivity index (χ0) is 63.1. The molecule has 0 nitrogen and oxygen atoms in total. The van der Waals surface area contributed by atoms with E-state index in [0.29, 0.717) is 0 Å². The van der Waals surface area contributed by atoms with Crippen molar-refractivity contribution in [2.24, 2.45) is 0 Å². The van der Waals surface area contributed by atoms with Crippen molar-refractivity contribution in [3.63, 3.8) is 0 Å². The molecule has 0 atom stereocenters. The van der Waals surface area contributed by atoms with Gasteiger partial charge in [-0.3, -0.25) is 0 Å². The monoisotopic (exact) mass is 1690 g/mol. The summed E-state index contributed by atoms with van der Waals surface area (Å²) in [5.74, 6) is 0. The number of thioether (sulfide) groups is 2. The molecule has 518 valence electrons. The fraction of sp³-hybridized carbons (Fsp3) is 1.00. The van der Waals surface area contributed by atoms with Crippen LogP contribution < -0.4 is 0 Å². The van der Waals surface area contributed by atoms with Crippen LogP contribution in [0.5, 0.6) is 0 Å². The molecular weight excluding hydrogens is 1590 g/mol. The summed E-state index contributed by atoms with van der Waals surface area (Å²) in [6.45, 7) is 0. The molecule has 10 fully saturated rings. The van der Waals surface area contributed by atoms with Crippen LogP contribution >= 0.6 is 23.5 Å². The molecular formula is C60H107F18S5Sb3. The first-order valence-corrected chi connectivity index (χ1v) is 57.2. The molecule has 86 heavy (non-hydrogen) atoms. The molecule has 10 saturated carbocycles. The average Bonchev–Trinajstić information content (AvgIpc) is 2.91. The molecule has 0 bridgehead atoms. The van der Waals surface area contributed by atoms with Gasteiger partial charge in [-0.2, -0.15) is 23.5 Å². The van der Waals surface area contributed by atoms with E-state index in [1.807, 2.05) is 0 Å². The molecule has 0 saturated heterocycles. The second-order valence-corrected chi connectivity index (χ2v) is 55.5. The van der Waals surface area contributed by atoms with Gasteiger partial charge in [0.15, 0.2) is 0 Å². The van der Waals surface area contributed by atoms with Gasteiger partial charge >= 0.3 is 109 Å². The van der Waals surface area contributed by atoms with E-state index in [2.05, 4.69) is 23.5 Å². The van der Waals surface area contributed by atoms with Crippen LogP contribution in [-0.4, -0.2) is 127 Å². The zero-order valence-electron chi connectivity index (χ0n) is 50.9. The van der Waals surface area contributed by atoms with Crippen molar-refractivity contribution in [1.29, 1.82) is 0 Å². The molecule has 10 rings (SSSR count). The van der Waals surface area contributed by atoms with E-state index >= 15 is 0 Å². The second-order valence-electron chi connectivity index (χ2n) is 27.4. The Kier molecular flexibility index (Phi) is 28.7. The SMILES string of the molecule is C1CCC(SC2CCC([S+](C3CCCCC3)C3CCCCC3)CC2)CC1.C1CCC([S+](C2CCCCC2)C2CCC(SC3CCC([S+](C4CCCCC4)C4CCCCC4)CC3)CC2)CC1.[F][Sb-]([F])([F])([F])([F])[F].[F][Sb-]([F])([F])([F])([F])[F].[F][Sb-]([F])([F])([F])([F])[F]. The first-order chi connectivity index (χ1) is 39.6. The molecule has 0 radical (unpaired) electrons. The Morgan fingerprint density at radius 1 is 0.163 bits per heavy atom. The first-order valence-electron chi connectivity index (χ1n) is 33.7. The molecule has 0 unspecified atom stereocenters. The van der Waals surface area contributed by atoms with E-state index in [9.17, 15) is 50.6 Å². The second kappa shape index (κ2) is 31.6. The maximum absolute atomic E-state index is 11.2. The van der Waals surface area contributed by atoms with Crippen molar-refractivity contribution >= 4 is 115 Å². The number of rotatable bonds is 13. The summed E-state index contributed by atoms with van der Waals surface area (Å²) >= 11 is -28.8. The molecule has 0 aromatic carbocycles. The van der Waals surface area contributed by atoms with Crippen molar-refractivity contribution in [2.45, 2.75) is 370 Å². The van der Waals surface area contributed by atoms with Crippen molar-refractivity contribution in [3.8, 4) is 0 Å². The van der Waals surface area contributed by atoms with Crippen LogP contribution in [-0.2, 0) is 32.7 Å².